The lowest BCUT2D eigenvalue weighted by molar-refractivity contribution is 0.144. The fourth-order valence-corrected chi connectivity index (χ4v) is 4.00. The number of nitrogens with zero attached hydrogens (tertiary/aromatic N) is 1. The molecule has 2 aromatic rings. The van der Waals surface area contributed by atoms with Crippen LogP contribution in [-0.2, 0) is 6.54 Å². The van der Waals surface area contributed by atoms with Crippen LogP contribution < -0.4 is 10.1 Å². The van der Waals surface area contributed by atoms with Gasteiger partial charge in [0.2, 0.25) is 0 Å². The number of rotatable bonds is 2. The Hall–Kier alpha value is -1.75. The lowest BCUT2D eigenvalue weighted by Gasteiger charge is -2.33. The largest absolute Gasteiger partial charge is 0.504 e. The van der Waals surface area contributed by atoms with E-state index in [9.17, 15) is 5.11 Å². The van der Waals surface area contributed by atoms with Crippen molar-refractivity contribution in [2.24, 2.45) is 0 Å². The SMILES string of the molecule is Oc1cc(-c2cccc(Cl)c2)cc2c1OCCN([C@H]1CCCNC1)C2. The van der Waals surface area contributed by atoms with Gasteiger partial charge >= 0.3 is 0 Å². The van der Waals surface area contributed by atoms with Crippen LogP contribution in [0.25, 0.3) is 11.1 Å². The van der Waals surface area contributed by atoms with Crippen molar-refractivity contribution in [2.75, 3.05) is 26.2 Å². The summed E-state index contributed by atoms with van der Waals surface area (Å²) >= 11 is 6.13. The Morgan fingerprint density at radius 1 is 1.20 bits per heavy atom. The maximum atomic E-state index is 10.5. The third-order valence-electron chi connectivity index (χ3n) is 5.09. The van der Waals surface area contributed by atoms with Crippen LogP contribution in [0.5, 0.6) is 11.5 Å². The lowest BCUT2D eigenvalue weighted by Crippen LogP contribution is -2.46. The molecule has 0 aromatic heterocycles. The first-order valence-corrected chi connectivity index (χ1v) is 9.28. The zero-order chi connectivity index (χ0) is 17.2. The Morgan fingerprint density at radius 3 is 2.92 bits per heavy atom. The minimum atomic E-state index is 0.205. The Balaban J connectivity index is 1.67. The average Bonchev–Trinajstić information content (AvgIpc) is 2.85. The van der Waals surface area contributed by atoms with Gasteiger partial charge in [-0.2, -0.15) is 0 Å². The normalized spacial score (nSPS) is 21.2. The number of hydrogen-bond acceptors (Lipinski definition) is 4. The molecule has 2 heterocycles. The number of benzene rings is 2. The summed E-state index contributed by atoms with van der Waals surface area (Å²) in [6, 6.07) is 12.1. The van der Waals surface area contributed by atoms with Gasteiger partial charge in [-0.15, -0.1) is 0 Å². The predicted molar refractivity (Wildman–Crippen MR) is 100 cm³/mol. The van der Waals surface area contributed by atoms with Gasteiger partial charge in [-0.1, -0.05) is 23.7 Å². The Kier molecular flexibility index (Phi) is 4.84. The number of piperidine rings is 1. The predicted octanol–water partition coefficient (Wildman–Crippen LogP) is 3.66. The summed E-state index contributed by atoms with van der Waals surface area (Å²) in [4.78, 5) is 2.47. The number of aromatic hydroxyl groups is 1. The molecule has 2 N–H and O–H groups in total. The molecule has 0 bridgehead atoms. The molecule has 1 fully saturated rings. The summed E-state index contributed by atoms with van der Waals surface area (Å²) in [6.45, 7) is 4.41. The van der Waals surface area contributed by atoms with E-state index < -0.39 is 0 Å². The number of fused-ring (bicyclic) bond motifs is 1. The van der Waals surface area contributed by atoms with Gasteiger partial charge in [0.15, 0.2) is 11.5 Å². The first kappa shape index (κ1) is 16.7. The maximum absolute atomic E-state index is 10.5. The van der Waals surface area contributed by atoms with Gasteiger partial charge in [0.1, 0.15) is 6.61 Å². The molecule has 5 heteroatoms. The van der Waals surface area contributed by atoms with E-state index in [1.165, 1.54) is 12.8 Å². The van der Waals surface area contributed by atoms with Gasteiger partial charge in [0, 0.05) is 36.3 Å². The van der Waals surface area contributed by atoms with Crippen LogP contribution in [0.4, 0.5) is 0 Å². The van der Waals surface area contributed by atoms with E-state index in [2.05, 4.69) is 16.3 Å². The van der Waals surface area contributed by atoms with Crippen molar-refractivity contribution < 1.29 is 9.84 Å². The smallest absolute Gasteiger partial charge is 0.165 e. The number of phenolic OH excluding ortho intramolecular Hbond substituents is 1. The molecule has 4 nitrogen and oxygen atoms in total. The second-order valence-corrected chi connectivity index (χ2v) is 7.25. The molecule has 0 radical (unpaired) electrons. The lowest BCUT2D eigenvalue weighted by atomic mass is 10.0. The molecule has 0 spiro atoms. The molecule has 1 saturated heterocycles. The molecular formula is C20H23ClN2O2. The van der Waals surface area contributed by atoms with Crippen LogP contribution >= 0.6 is 11.6 Å². The molecule has 0 amide bonds. The van der Waals surface area contributed by atoms with Gasteiger partial charge in [0.25, 0.3) is 0 Å². The van der Waals surface area contributed by atoms with E-state index in [-0.39, 0.29) is 5.75 Å². The number of phenols is 1. The molecule has 2 aliphatic rings. The zero-order valence-electron chi connectivity index (χ0n) is 14.2. The first-order chi connectivity index (χ1) is 12.2. The first-order valence-electron chi connectivity index (χ1n) is 8.90. The van der Waals surface area contributed by atoms with Gasteiger partial charge < -0.3 is 15.2 Å². The van der Waals surface area contributed by atoms with Crippen LogP contribution in [-0.4, -0.2) is 42.3 Å². The van der Waals surface area contributed by atoms with Gasteiger partial charge in [0.05, 0.1) is 0 Å². The van der Waals surface area contributed by atoms with Crippen molar-refractivity contribution in [3.8, 4) is 22.6 Å². The van der Waals surface area contributed by atoms with E-state index in [0.717, 1.165) is 42.9 Å². The maximum Gasteiger partial charge on any atom is 0.165 e. The van der Waals surface area contributed by atoms with Crippen LogP contribution in [0.3, 0.4) is 0 Å². The van der Waals surface area contributed by atoms with Crippen LogP contribution in [0.2, 0.25) is 5.02 Å². The van der Waals surface area contributed by atoms with Crippen LogP contribution in [0.15, 0.2) is 36.4 Å². The molecule has 2 aliphatic heterocycles. The number of halogens is 1. The topological polar surface area (TPSA) is 44.7 Å². The van der Waals surface area contributed by atoms with Crippen molar-refractivity contribution in [3.05, 3.63) is 47.0 Å². The van der Waals surface area contributed by atoms with Crippen molar-refractivity contribution >= 4 is 11.6 Å². The molecule has 0 aliphatic carbocycles. The van der Waals surface area contributed by atoms with Gasteiger partial charge in [-0.25, -0.2) is 0 Å². The van der Waals surface area contributed by atoms with Crippen molar-refractivity contribution in [1.82, 2.24) is 10.2 Å². The standard InChI is InChI=1S/C20H23ClN2O2/c21-17-4-1-3-14(10-17)15-9-16-13-23(18-5-2-6-22-12-18)7-8-25-20(16)19(24)11-15/h1,3-4,9-11,18,22,24H,2,5-8,12-13H2/t18-/m0/s1. The second-order valence-electron chi connectivity index (χ2n) is 6.81. The minimum absolute atomic E-state index is 0.205. The summed E-state index contributed by atoms with van der Waals surface area (Å²) in [5.74, 6) is 0.827. The average molecular weight is 359 g/mol. The highest BCUT2D eigenvalue weighted by atomic mass is 35.5. The van der Waals surface area contributed by atoms with E-state index in [1.807, 2.05) is 24.3 Å². The van der Waals surface area contributed by atoms with Crippen molar-refractivity contribution in [1.29, 1.82) is 0 Å². The number of nitrogens with one attached hydrogen (secondary N) is 1. The zero-order valence-corrected chi connectivity index (χ0v) is 14.9. The van der Waals surface area contributed by atoms with E-state index in [0.29, 0.717) is 23.4 Å². The highest BCUT2D eigenvalue weighted by Crippen LogP contribution is 2.38. The quantitative estimate of drug-likeness (QED) is 0.860. The summed E-state index contributed by atoms with van der Waals surface area (Å²) < 4.78 is 5.88. The summed E-state index contributed by atoms with van der Waals surface area (Å²) in [6.07, 6.45) is 2.42. The van der Waals surface area contributed by atoms with Crippen LogP contribution in [0.1, 0.15) is 18.4 Å². The number of hydrogen-bond donors (Lipinski definition) is 2. The Morgan fingerprint density at radius 2 is 2.12 bits per heavy atom. The highest BCUT2D eigenvalue weighted by Gasteiger charge is 2.26. The fourth-order valence-electron chi connectivity index (χ4n) is 3.81. The highest BCUT2D eigenvalue weighted by molar-refractivity contribution is 6.30. The second kappa shape index (κ2) is 7.24. The van der Waals surface area contributed by atoms with Crippen LogP contribution in [0, 0.1) is 0 Å². The summed E-state index contributed by atoms with van der Waals surface area (Å²) in [5.41, 5.74) is 3.00. The molecule has 4 rings (SSSR count). The van der Waals surface area contributed by atoms with Crippen molar-refractivity contribution in [3.63, 3.8) is 0 Å². The molecule has 25 heavy (non-hydrogen) atoms. The van der Waals surface area contributed by atoms with E-state index >= 15 is 0 Å². The van der Waals surface area contributed by atoms with Crippen molar-refractivity contribution in [2.45, 2.75) is 25.4 Å². The molecule has 132 valence electrons. The molecular weight excluding hydrogens is 336 g/mol. The monoisotopic (exact) mass is 358 g/mol. The number of ether oxygens (including phenoxy) is 1. The van der Waals surface area contributed by atoms with E-state index in [4.69, 9.17) is 16.3 Å². The third-order valence-corrected chi connectivity index (χ3v) is 5.32. The Labute approximate surface area is 153 Å². The summed E-state index contributed by atoms with van der Waals surface area (Å²) in [7, 11) is 0. The molecule has 0 saturated carbocycles. The molecule has 1 atom stereocenters. The third kappa shape index (κ3) is 3.61. The molecule has 2 aromatic carbocycles. The Bertz CT molecular complexity index is 759. The van der Waals surface area contributed by atoms with Gasteiger partial charge in [-0.05, 0) is 54.8 Å². The van der Waals surface area contributed by atoms with Gasteiger partial charge in [-0.3, -0.25) is 4.90 Å². The summed E-state index contributed by atoms with van der Waals surface area (Å²) in [5, 5.41) is 14.7. The molecule has 0 unspecified atom stereocenters. The minimum Gasteiger partial charge on any atom is -0.504 e. The van der Waals surface area contributed by atoms with E-state index in [1.54, 1.807) is 6.07 Å². The fraction of sp³-hybridized carbons (Fsp3) is 0.400.